The Morgan fingerprint density at radius 2 is 2.33 bits per heavy atom. The summed E-state index contributed by atoms with van der Waals surface area (Å²) in [5.74, 6) is 0.652. The summed E-state index contributed by atoms with van der Waals surface area (Å²) in [4.78, 5) is 5.37. The number of rotatable bonds is 3. The Morgan fingerprint density at radius 3 is 3.00 bits per heavy atom. The molecule has 0 bridgehead atoms. The second kappa shape index (κ2) is 4.59. The van der Waals surface area contributed by atoms with Crippen molar-refractivity contribution in [3.63, 3.8) is 0 Å². The maximum Gasteiger partial charge on any atom is 0.226 e. The minimum Gasteiger partial charge on any atom is -0.444 e. The van der Waals surface area contributed by atoms with Crippen LogP contribution in [-0.2, 0) is 0 Å². The molecule has 0 atom stereocenters. The number of hydrogen-bond acceptors (Lipinski definition) is 4. The van der Waals surface area contributed by atoms with E-state index in [9.17, 15) is 0 Å². The van der Waals surface area contributed by atoms with Gasteiger partial charge in [-0.3, -0.25) is 0 Å². The molecule has 76 valence electrons. The van der Waals surface area contributed by atoms with Gasteiger partial charge in [-0.05, 0) is 25.1 Å². The first-order valence-electron chi connectivity index (χ1n) is 4.42. The van der Waals surface area contributed by atoms with Gasteiger partial charge in [0.25, 0.3) is 0 Å². The zero-order valence-electron chi connectivity index (χ0n) is 8.14. The highest BCUT2D eigenvalue weighted by Crippen LogP contribution is 2.24. The molecule has 4 heteroatoms. The van der Waals surface area contributed by atoms with E-state index in [0.717, 1.165) is 16.2 Å². The van der Waals surface area contributed by atoms with Gasteiger partial charge in [-0.1, -0.05) is 30.0 Å². The zero-order valence-corrected chi connectivity index (χ0v) is 9.77. The lowest BCUT2D eigenvalue weighted by atomic mass is 10.2. The van der Waals surface area contributed by atoms with Crippen LogP contribution in [0.15, 0.2) is 39.8 Å². The molecule has 0 aliphatic rings. The fourth-order valence-electron chi connectivity index (χ4n) is 1.24. The van der Waals surface area contributed by atoms with E-state index in [1.807, 2.05) is 31.2 Å². The van der Waals surface area contributed by atoms with Crippen LogP contribution >= 0.6 is 24.0 Å². The second-order valence-corrected chi connectivity index (χ2v) is 4.51. The van der Waals surface area contributed by atoms with Gasteiger partial charge in [0.15, 0.2) is 0 Å². The Bertz CT molecular complexity index is 479. The molecule has 15 heavy (non-hydrogen) atoms. The first kappa shape index (κ1) is 10.4. The molecule has 0 spiro atoms. The number of benzene rings is 1. The van der Waals surface area contributed by atoms with E-state index in [1.165, 1.54) is 11.8 Å². The number of thiocarbonyl (C=S) groups is 1. The van der Waals surface area contributed by atoms with Gasteiger partial charge >= 0.3 is 0 Å². The molecule has 0 amide bonds. The second-order valence-electron chi connectivity index (χ2n) is 3.04. The van der Waals surface area contributed by atoms with Crippen LogP contribution in [0.1, 0.15) is 5.69 Å². The van der Waals surface area contributed by atoms with Crippen molar-refractivity contribution < 1.29 is 4.42 Å². The summed E-state index contributed by atoms with van der Waals surface area (Å²) in [6, 6.07) is 7.96. The van der Waals surface area contributed by atoms with Crippen LogP contribution in [0.5, 0.6) is 0 Å². The van der Waals surface area contributed by atoms with Crippen LogP contribution in [0.25, 0.3) is 11.5 Å². The smallest absolute Gasteiger partial charge is 0.226 e. The molecule has 2 rings (SSSR count). The SMILES string of the molecule is Cc1coc(-c2cccc(SC=S)c2)n1. The van der Waals surface area contributed by atoms with E-state index in [2.05, 4.69) is 4.98 Å². The van der Waals surface area contributed by atoms with Crippen LogP contribution in [-0.4, -0.2) is 9.68 Å². The van der Waals surface area contributed by atoms with Crippen molar-refractivity contribution in [2.24, 2.45) is 0 Å². The molecule has 1 aromatic heterocycles. The third kappa shape index (κ3) is 2.46. The highest BCUT2D eigenvalue weighted by molar-refractivity contribution is 8.20. The quantitative estimate of drug-likeness (QED) is 0.598. The standard InChI is InChI=1S/C11H9NOS2/c1-8-6-13-11(12-8)9-3-2-4-10(5-9)15-7-14/h2-7H,1H3. The Labute approximate surface area is 97.7 Å². The van der Waals surface area contributed by atoms with Gasteiger partial charge < -0.3 is 4.42 Å². The molecule has 2 aromatic rings. The zero-order chi connectivity index (χ0) is 10.7. The molecule has 1 aromatic carbocycles. The molecule has 2 nitrogen and oxygen atoms in total. The van der Waals surface area contributed by atoms with Crippen LogP contribution in [0.2, 0.25) is 0 Å². The topological polar surface area (TPSA) is 26.0 Å². The van der Waals surface area contributed by atoms with Crippen LogP contribution in [0, 0.1) is 6.92 Å². The molecule has 0 unspecified atom stereocenters. The summed E-state index contributed by atoms with van der Waals surface area (Å²) in [5, 5.41) is 0. The van der Waals surface area contributed by atoms with Gasteiger partial charge in [-0.2, -0.15) is 0 Å². The largest absolute Gasteiger partial charge is 0.444 e. The molecule has 0 fully saturated rings. The Balaban J connectivity index is 2.36. The molecular weight excluding hydrogens is 226 g/mol. The van der Waals surface area contributed by atoms with Crippen LogP contribution < -0.4 is 0 Å². The Kier molecular flexibility index (Phi) is 3.18. The fraction of sp³-hybridized carbons (Fsp3) is 0.0909. The third-order valence-electron chi connectivity index (χ3n) is 1.88. The van der Waals surface area contributed by atoms with Gasteiger partial charge in [0.2, 0.25) is 5.89 Å². The normalized spacial score (nSPS) is 10.2. The summed E-state index contributed by atoms with van der Waals surface area (Å²) >= 11 is 6.31. The summed E-state index contributed by atoms with van der Waals surface area (Å²) < 4.78 is 6.97. The lowest BCUT2D eigenvalue weighted by molar-refractivity contribution is 0.573. The lowest BCUT2D eigenvalue weighted by Crippen LogP contribution is -1.79. The van der Waals surface area contributed by atoms with Crippen molar-refractivity contribution in [3.05, 3.63) is 36.2 Å². The van der Waals surface area contributed by atoms with Crippen molar-refractivity contribution >= 4 is 28.7 Å². The third-order valence-corrected chi connectivity index (χ3v) is 2.80. The van der Waals surface area contributed by atoms with E-state index in [4.69, 9.17) is 16.6 Å². The highest BCUT2D eigenvalue weighted by atomic mass is 32.2. The van der Waals surface area contributed by atoms with E-state index >= 15 is 0 Å². The minimum absolute atomic E-state index is 0.652. The van der Waals surface area contributed by atoms with E-state index in [1.54, 1.807) is 11.0 Å². The van der Waals surface area contributed by atoms with Crippen LogP contribution in [0.3, 0.4) is 0 Å². The number of thioether (sulfide) groups is 1. The number of nitrogens with zero attached hydrogens (tertiary/aromatic N) is 1. The minimum atomic E-state index is 0.652. The highest BCUT2D eigenvalue weighted by Gasteiger charge is 2.04. The predicted molar refractivity (Wildman–Crippen MR) is 66.2 cm³/mol. The van der Waals surface area contributed by atoms with Gasteiger partial charge in [-0.15, -0.1) is 0 Å². The number of aryl methyl sites for hydroxylation is 1. The summed E-state index contributed by atoms with van der Waals surface area (Å²) in [5.41, 5.74) is 1.86. The fourth-order valence-corrected chi connectivity index (χ4v) is 2.04. The maximum atomic E-state index is 5.33. The van der Waals surface area contributed by atoms with Crippen LogP contribution in [0.4, 0.5) is 0 Å². The van der Waals surface area contributed by atoms with Crippen molar-refractivity contribution in [1.82, 2.24) is 4.98 Å². The summed E-state index contributed by atoms with van der Waals surface area (Å²) in [6.07, 6.45) is 1.65. The van der Waals surface area contributed by atoms with Gasteiger partial charge in [0.1, 0.15) is 6.26 Å². The molecule has 0 aliphatic heterocycles. The van der Waals surface area contributed by atoms with Gasteiger partial charge in [0.05, 0.1) is 5.69 Å². The Morgan fingerprint density at radius 1 is 1.47 bits per heavy atom. The van der Waals surface area contributed by atoms with E-state index in [-0.39, 0.29) is 0 Å². The molecule has 0 saturated carbocycles. The first-order chi connectivity index (χ1) is 7.29. The molecule has 1 heterocycles. The predicted octanol–water partition coefficient (Wildman–Crippen LogP) is 3.70. The molecular formula is C11H9NOS2. The summed E-state index contributed by atoms with van der Waals surface area (Å²) in [7, 11) is 0. The number of oxazole rings is 1. The maximum absolute atomic E-state index is 5.33. The average Bonchev–Trinajstić information content (AvgIpc) is 2.66. The first-order valence-corrected chi connectivity index (χ1v) is 5.77. The molecule has 0 radical (unpaired) electrons. The average molecular weight is 235 g/mol. The number of hydrogen-bond donors (Lipinski definition) is 0. The number of aromatic nitrogens is 1. The molecule has 0 aliphatic carbocycles. The van der Waals surface area contributed by atoms with Crippen molar-refractivity contribution in [3.8, 4) is 11.5 Å². The summed E-state index contributed by atoms with van der Waals surface area (Å²) in [6.45, 7) is 1.91. The van der Waals surface area contributed by atoms with Crippen molar-refractivity contribution in [1.29, 1.82) is 0 Å². The van der Waals surface area contributed by atoms with Gasteiger partial charge in [0, 0.05) is 15.2 Å². The van der Waals surface area contributed by atoms with E-state index in [0.29, 0.717) is 5.89 Å². The molecule has 0 saturated heterocycles. The van der Waals surface area contributed by atoms with Gasteiger partial charge in [-0.25, -0.2) is 4.98 Å². The van der Waals surface area contributed by atoms with Crippen molar-refractivity contribution in [2.45, 2.75) is 11.8 Å². The van der Waals surface area contributed by atoms with E-state index < -0.39 is 0 Å². The lowest BCUT2D eigenvalue weighted by Gasteiger charge is -1.98. The molecule has 0 N–H and O–H groups in total. The Hall–Kier alpha value is -1.13. The monoisotopic (exact) mass is 235 g/mol. The van der Waals surface area contributed by atoms with Crippen molar-refractivity contribution in [2.75, 3.05) is 0 Å².